The molecule has 2 N–H and O–H groups in total. The van der Waals surface area contributed by atoms with Gasteiger partial charge in [0, 0.05) is 37.5 Å². The van der Waals surface area contributed by atoms with E-state index >= 15 is 0 Å². The first-order valence-electron chi connectivity index (χ1n) is 6.70. The van der Waals surface area contributed by atoms with Crippen molar-refractivity contribution in [3.8, 4) is 0 Å². The number of nitrogens with zero attached hydrogens (tertiary/aromatic N) is 3. The number of hydrogen-bond acceptors (Lipinski definition) is 6. The molecule has 1 aromatic rings. The Labute approximate surface area is 118 Å². The first kappa shape index (κ1) is 14.8. The predicted molar refractivity (Wildman–Crippen MR) is 76.4 cm³/mol. The van der Waals surface area contributed by atoms with E-state index in [-0.39, 0.29) is 5.54 Å². The lowest BCUT2D eigenvalue weighted by Crippen LogP contribution is -2.54. The largest absolute Gasteiger partial charge is 0.379 e. The van der Waals surface area contributed by atoms with Crippen LogP contribution in [0.15, 0.2) is 11.2 Å². The summed E-state index contributed by atoms with van der Waals surface area (Å²) in [5.74, 6) is 1.01. The fourth-order valence-corrected chi connectivity index (χ4v) is 2.85. The molecule has 19 heavy (non-hydrogen) atoms. The summed E-state index contributed by atoms with van der Waals surface area (Å²) < 4.78 is 5.40. The minimum atomic E-state index is 0.183. The second kappa shape index (κ2) is 7.23. The van der Waals surface area contributed by atoms with E-state index in [9.17, 15) is 0 Å². The Morgan fingerprint density at radius 2 is 2.26 bits per heavy atom. The maximum absolute atomic E-state index is 5.40. The van der Waals surface area contributed by atoms with Crippen molar-refractivity contribution in [1.29, 1.82) is 0 Å². The van der Waals surface area contributed by atoms with Gasteiger partial charge in [-0.05, 0) is 13.8 Å². The van der Waals surface area contributed by atoms with Crippen LogP contribution in [0.3, 0.4) is 0 Å². The lowest BCUT2D eigenvalue weighted by molar-refractivity contribution is -0.00939. The average Bonchev–Trinajstić information content (AvgIpc) is 2.92. The molecule has 0 unspecified atom stereocenters. The molecule has 0 aliphatic carbocycles. The number of rotatable bonds is 7. The van der Waals surface area contributed by atoms with Gasteiger partial charge in [-0.3, -0.25) is 4.90 Å². The molecule has 2 heterocycles. The van der Waals surface area contributed by atoms with Gasteiger partial charge in [-0.2, -0.15) is 10.3 Å². The summed E-state index contributed by atoms with van der Waals surface area (Å²) in [5, 5.41) is 14.9. The van der Waals surface area contributed by atoms with Crippen molar-refractivity contribution in [3.05, 3.63) is 6.20 Å². The molecule has 0 aromatic carbocycles. The summed E-state index contributed by atoms with van der Waals surface area (Å²) in [4.78, 5) is 2.49. The molecule has 7 heteroatoms. The number of aromatic nitrogens is 3. The van der Waals surface area contributed by atoms with Crippen LogP contribution in [0.2, 0.25) is 0 Å². The number of ether oxygens (including phenoxy) is 1. The highest BCUT2D eigenvalue weighted by Gasteiger charge is 2.27. The molecule has 0 radical (unpaired) electrons. The summed E-state index contributed by atoms with van der Waals surface area (Å²) in [5.41, 5.74) is 0.183. The second-order valence-electron chi connectivity index (χ2n) is 5.25. The highest BCUT2D eigenvalue weighted by molar-refractivity contribution is 7.99. The zero-order chi connectivity index (χ0) is 13.6. The van der Waals surface area contributed by atoms with Crippen molar-refractivity contribution >= 4 is 11.8 Å². The van der Waals surface area contributed by atoms with Gasteiger partial charge in [-0.25, -0.2) is 0 Å². The first-order chi connectivity index (χ1) is 9.18. The van der Waals surface area contributed by atoms with Crippen LogP contribution in [-0.2, 0) is 4.74 Å². The topological polar surface area (TPSA) is 66.1 Å². The molecule has 2 rings (SSSR count). The van der Waals surface area contributed by atoms with E-state index in [1.54, 1.807) is 18.0 Å². The van der Waals surface area contributed by atoms with Gasteiger partial charge in [0.1, 0.15) is 5.03 Å². The SMILES string of the molecule is CC(C)(CNCCSc1cn[nH]n1)N1CCOCC1. The summed E-state index contributed by atoms with van der Waals surface area (Å²) >= 11 is 1.71. The van der Waals surface area contributed by atoms with Crippen LogP contribution in [-0.4, -0.2) is 71.0 Å². The Kier molecular flexibility index (Phi) is 5.62. The van der Waals surface area contributed by atoms with Crippen molar-refractivity contribution in [2.24, 2.45) is 0 Å². The van der Waals surface area contributed by atoms with E-state index in [2.05, 4.69) is 39.5 Å². The van der Waals surface area contributed by atoms with Crippen molar-refractivity contribution in [3.63, 3.8) is 0 Å². The quantitative estimate of drug-likeness (QED) is 0.565. The minimum Gasteiger partial charge on any atom is -0.379 e. The molecule has 0 saturated carbocycles. The third-order valence-corrected chi connectivity index (χ3v) is 4.25. The number of morpholine rings is 1. The van der Waals surface area contributed by atoms with Crippen LogP contribution in [0, 0.1) is 0 Å². The summed E-state index contributed by atoms with van der Waals surface area (Å²) in [6, 6.07) is 0. The van der Waals surface area contributed by atoms with Gasteiger partial charge in [0.25, 0.3) is 0 Å². The Morgan fingerprint density at radius 1 is 1.47 bits per heavy atom. The minimum absolute atomic E-state index is 0.183. The van der Waals surface area contributed by atoms with E-state index in [4.69, 9.17) is 4.74 Å². The van der Waals surface area contributed by atoms with E-state index < -0.39 is 0 Å². The molecule has 0 spiro atoms. The Hall–Kier alpha value is -0.630. The third kappa shape index (κ3) is 4.76. The van der Waals surface area contributed by atoms with Gasteiger partial charge in [0.2, 0.25) is 0 Å². The summed E-state index contributed by atoms with van der Waals surface area (Å²) in [7, 11) is 0. The van der Waals surface area contributed by atoms with Gasteiger partial charge >= 0.3 is 0 Å². The molecule has 6 nitrogen and oxygen atoms in total. The number of thioether (sulfide) groups is 1. The molecule has 1 saturated heterocycles. The van der Waals surface area contributed by atoms with Gasteiger partial charge in [-0.15, -0.1) is 16.9 Å². The third-order valence-electron chi connectivity index (χ3n) is 3.35. The van der Waals surface area contributed by atoms with Gasteiger partial charge in [-0.1, -0.05) is 0 Å². The van der Waals surface area contributed by atoms with E-state index in [0.29, 0.717) is 0 Å². The molecule has 1 aromatic heterocycles. The smallest absolute Gasteiger partial charge is 0.138 e. The monoisotopic (exact) mass is 285 g/mol. The number of hydrogen-bond donors (Lipinski definition) is 2. The van der Waals surface area contributed by atoms with Crippen molar-refractivity contribution < 1.29 is 4.74 Å². The van der Waals surface area contributed by atoms with Crippen molar-refractivity contribution in [1.82, 2.24) is 25.6 Å². The average molecular weight is 285 g/mol. The molecular weight excluding hydrogens is 262 g/mol. The van der Waals surface area contributed by atoms with Crippen LogP contribution in [0.25, 0.3) is 0 Å². The second-order valence-corrected chi connectivity index (χ2v) is 6.36. The molecule has 0 atom stereocenters. The number of nitrogens with one attached hydrogen (secondary N) is 2. The molecular formula is C12H23N5OS. The Bertz CT molecular complexity index is 351. The maximum atomic E-state index is 5.40. The number of aromatic amines is 1. The van der Waals surface area contributed by atoms with Crippen LogP contribution in [0.4, 0.5) is 0 Å². The fraction of sp³-hybridized carbons (Fsp3) is 0.833. The van der Waals surface area contributed by atoms with Crippen LogP contribution in [0.1, 0.15) is 13.8 Å². The van der Waals surface area contributed by atoms with Crippen LogP contribution < -0.4 is 5.32 Å². The zero-order valence-electron chi connectivity index (χ0n) is 11.7. The predicted octanol–water partition coefficient (Wildman–Crippen LogP) is 0.597. The Morgan fingerprint density at radius 3 is 2.95 bits per heavy atom. The molecule has 0 amide bonds. The Balaban J connectivity index is 1.61. The highest BCUT2D eigenvalue weighted by Crippen LogP contribution is 2.15. The van der Waals surface area contributed by atoms with E-state index in [1.165, 1.54) is 0 Å². The molecule has 1 aliphatic rings. The zero-order valence-corrected chi connectivity index (χ0v) is 12.5. The lowest BCUT2D eigenvalue weighted by atomic mass is 10.0. The molecule has 0 bridgehead atoms. The molecule has 108 valence electrons. The van der Waals surface area contributed by atoms with Gasteiger partial charge in [0.15, 0.2) is 0 Å². The molecule has 1 fully saturated rings. The molecule has 1 aliphatic heterocycles. The lowest BCUT2D eigenvalue weighted by Gasteiger charge is -2.41. The van der Waals surface area contributed by atoms with Gasteiger partial charge < -0.3 is 10.1 Å². The van der Waals surface area contributed by atoms with Crippen molar-refractivity contribution in [2.75, 3.05) is 45.1 Å². The highest BCUT2D eigenvalue weighted by atomic mass is 32.2. The van der Waals surface area contributed by atoms with Crippen LogP contribution in [0.5, 0.6) is 0 Å². The summed E-state index contributed by atoms with van der Waals surface area (Å²) in [6.45, 7) is 10.3. The van der Waals surface area contributed by atoms with Crippen LogP contribution >= 0.6 is 11.8 Å². The van der Waals surface area contributed by atoms with Gasteiger partial charge in [0.05, 0.1) is 19.4 Å². The maximum Gasteiger partial charge on any atom is 0.138 e. The van der Waals surface area contributed by atoms with Crippen molar-refractivity contribution in [2.45, 2.75) is 24.4 Å². The summed E-state index contributed by atoms with van der Waals surface area (Å²) in [6.07, 6.45) is 1.75. The fourth-order valence-electron chi connectivity index (χ4n) is 2.16. The van der Waals surface area contributed by atoms with E-state index in [1.807, 2.05) is 0 Å². The van der Waals surface area contributed by atoms with E-state index in [0.717, 1.165) is 50.2 Å². The number of H-pyrrole nitrogens is 1. The standard InChI is InChI=1S/C12H23N5OS/c1-12(2,17-4-6-18-7-5-17)10-13-3-8-19-11-9-14-16-15-11/h9,13H,3-8,10H2,1-2H3,(H,14,15,16). The first-order valence-corrected chi connectivity index (χ1v) is 7.69. The normalized spacial score (nSPS) is 17.8.